The molecule has 0 aliphatic heterocycles. The van der Waals surface area contributed by atoms with E-state index in [-0.39, 0.29) is 5.41 Å². The maximum atomic E-state index is 3.54. The zero-order chi connectivity index (χ0) is 26.3. The monoisotopic (exact) mass is 870 g/mol. The van der Waals surface area contributed by atoms with Crippen LogP contribution < -0.4 is 0 Å². The van der Waals surface area contributed by atoms with Crippen LogP contribution in [0.1, 0.15) is 126 Å². The SMILES string of the molecule is CCCCCCCCC1(CCCCCCCC)c2cc(C#[C][Hg][CH3])ccc2-c2ccc(C#[C][Hg][CH3])cc21. The van der Waals surface area contributed by atoms with Crippen molar-refractivity contribution >= 4 is 0 Å². The van der Waals surface area contributed by atoms with Crippen LogP contribution in [0.2, 0.25) is 8.86 Å². The summed E-state index contributed by atoms with van der Waals surface area (Å²) in [4.78, 5) is 0. The number of benzene rings is 2. The summed E-state index contributed by atoms with van der Waals surface area (Å²) in [5.74, 6) is 7.09. The minimum absolute atomic E-state index is 0.128. The van der Waals surface area contributed by atoms with E-state index in [0.29, 0.717) is 0 Å². The second-order valence-electron chi connectivity index (χ2n) is 10.9. The second-order valence-corrected chi connectivity index (χ2v) is 19.2. The third kappa shape index (κ3) is 8.71. The topological polar surface area (TPSA) is 0 Å². The number of hydrogen-bond donors (Lipinski definition) is 0. The van der Waals surface area contributed by atoms with Crippen LogP contribution in [0, 0.1) is 18.7 Å². The van der Waals surface area contributed by atoms with Crippen molar-refractivity contribution in [1.29, 1.82) is 0 Å². The molecule has 1 aliphatic carbocycles. The first-order valence-corrected chi connectivity index (χ1v) is 32.0. The van der Waals surface area contributed by atoms with Gasteiger partial charge in [0.2, 0.25) is 0 Å². The van der Waals surface area contributed by atoms with Gasteiger partial charge in [0.25, 0.3) is 0 Å². The first-order valence-electron chi connectivity index (χ1n) is 15.5. The van der Waals surface area contributed by atoms with Crippen LogP contribution >= 0.6 is 0 Å². The van der Waals surface area contributed by atoms with Gasteiger partial charge in [0.15, 0.2) is 0 Å². The maximum absolute atomic E-state index is 3.54. The van der Waals surface area contributed by atoms with Gasteiger partial charge < -0.3 is 0 Å². The molecular weight excluding hydrogens is 822 g/mol. The van der Waals surface area contributed by atoms with Gasteiger partial charge in [-0.15, -0.1) is 0 Å². The predicted molar refractivity (Wildman–Crippen MR) is 154 cm³/mol. The van der Waals surface area contributed by atoms with Crippen LogP contribution in [0.3, 0.4) is 0 Å². The molecule has 0 heterocycles. The average Bonchev–Trinajstić information content (AvgIpc) is 3.18. The Balaban J connectivity index is 2.00. The van der Waals surface area contributed by atoms with Crippen LogP contribution in [0.5, 0.6) is 0 Å². The third-order valence-corrected chi connectivity index (χ3v) is 12.2. The molecule has 1 aliphatic rings. The summed E-state index contributed by atoms with van der Waals surface area (Å²) in [6.07, 6.45) is 18.8. The molecule has 0 N–H and O–H groups in total. The van der Waals surface area contributed by atoms with Gasteiger partial charge in [0, 0.05) is 0 Å². The molecule has 0 nitrogen and oxygen atoms in total. The Labute approximate surface area is 253 Å². The fourth-order valence-corrected chi connectivity index (χ4v) is 9.07. The van der Waals surface area contributed by atoms with E-state index < -0.39 is 49.1 Å². The fraction of sp³-hybridized carbons (Fsp3) is 0.543. The molecule has 0 fully saturated rings. The van der Waals surface area contributed by atoms with Gasteiger partial charge >= 0.3 is 229 Å². The van der Waals surface area contributed by atoms with Gasteiger partial charge in [-0.1, -0.05) is 26.7 Å². The summed E-state index contributed by atoms with van der Waals surface area (Å²) in [6.45, 7) is 4.63. The van der Waals surface area contributed by atoms with E-state index in [2.05, 4.69) is 77.8 Å². The second kappa shape index (κ2) is 17.2. The van der Waals surface area contributed by atoms with Gasteiger partial charge in [-0.25, -0.2) is 0 Å². The van der Waals surface area contributed by atoms with Crippen LogP contribution in [0.4, 0.5) is 0 Å². The van der Waals surface area contributed by atoms with Crippen molar-refractivity contribution in [3.63, 3.8) is 0 Å². The van der Waals surface area contributed by atoms with Crippen molar-refractivity contribution in [3.05, 3.63) is 58.7 Å². The van der Waals surface area contributed by atoms with E-state index in [1.165, 1.54) is 112 Å². The molecule has 0 spiro atoms. The summed E-state index contributed by atoms with van der Waals surface area (Å²) in [5, 5.41) is 0. The Bertz CT molecular complexity index is 1020. The number of fused-ring (bicyclic) bond motifs is 3. The molecule has 3 rings (SSSR count). The molecule has 0 radical (unpaired) electrons. The quantitative estimate of drug-likeness (QED) is 0.101. The molecule has 0 aromatic heterocycles. The van der Waals surface area contributed by atoms with Crippen LogP contribution in [-0.4, -0.2) is 0 Å². The van der Waals surface area contributed by atoms with Gasteiger partial charge in [-0.05, 0) is 0 Å². The molecule has 2 aromatic carbocycles. The van der Waals surface area contributed by atoms with E-state index in [1.807, 2.05) is 0 Å². The molecular formula is C35H46Hg2. The number of rotatable bonds is 14. The molecule has 37 heavy (non-hydrogen) atoms. The van der Waals surface area contributed by atoms with Crippen LogP contribution in [0.15, 0.2) is 36.4 Å². The molecule has 190 valence electrons. The average molecular weight is 868 g/mol. The molecule has 0 amide bonds. The normalized spacial score (nSPS) is 12.3. The van der Waals surface area contributed by atoms with Gasteiger partial charge in [-0.2, -0.15) is 0 Å². The minimum atomic E-state index is -0.952. The Morgan fingerprint density at radius 1 is 0.568 bits per heavy atom. The van der Waals surface area contributed by atoms with E-state index in [0.717, 1.165) is 0 Å². The van der Waals surface area contributed by atoms with Crippen molar-refractivity contribution in [2.75, 3.05) is 0 Å². The number of unbranched alkanes of at least 4 members (excludes halogenated alkanes) is 10. The van der Waals surface area contributed by atoms with Gasteiger partial charge in [0.1, 0.15) is 0 Å². The van der Waals surface area contributed by atoms with Crippen molar-refractivity contribution in [2.45, 2.75) is 118 Å². The first kappa shape index (κ1) is 31.0. The van der Waals surface area contributed by atoms with Crippen LogP contribution in [-0.2, 0) is 54.6 Å². The van der Waals surface area contributed by atoms with Gasteiger partial charge in [0.05, 0.1) is 0 Å². The molecule has 0 unspecified atom stereocenters. The molecule has 0 atom stereocenters. The Hall–Kier alpha value is -0.570. The standard InChI is InChI=1S/C33H40.2CH3.2Hg/c1-5-9-11-13-15-17-23-33(24-18-16-14-12-10-6-2)31-25-27(7-3)19-21-29(31)30-22-20-28(8-4)26-32(30)33;;;;/h19-22,25-26H,5-6,9-18,23-24H2,1-2H3;2*1H3;;. The zero-order valence-electron chi connectivity index (χ0n) is 24.3. The van der Waals surface area contributed by atoms with E-state index >= 15 is 0 Å². The summed E-state index contributed by atoms with van der Waals surface area (Å²) < 4.78 is 11.8. The predicted octanol–water partition coefficient (Wildman–Crippen LogP) is 10.3. The molecule has 0 saturated heterocycles. The van der Waals surface area contributed by atoms with E-state index in [9.17, 15) is 0 Å². The molecule has 0 bridgehead atoms. The summed E-state index contributed by atoms with van der Waals surface area (Å²) in [5.41, 5.74) is 8.69. The number of hydrogen-bond acceptors (Lipinski definition) is 0. The third-order valence-electron chi connectivity index (χ3n) is 8.09. The van der Waals surface area contributed by atoms with Crippen molar-refractivity contribution in [1.82, 2.24) is 0 Å². The van der Waals surface area contributed by atoms with Crippen molar-refractivity contribution in [3.8, 4) is 29.8 Å². The Morgan fingerprint density at radius 3 is 1.38 bits per heavy atom. The van der Waals surface area contributed by atoms with E-state index in [4.69, 9.17) is 0 Å². The van der Waals surface area contributed by atoms with Crippen molar-refractivity contribution < 1.29 is 49.1 Å². The molecule has 2 aromatic rings. The summed E-state index contributed by atoms with van der Waals surface area (Å²) >= 11 is -1.90. The first-order chi connectivity index (χ1) is 18.2. The summed E-state index contributed by atoms with van der Waals surface area (Å²) in [7, 11) is 0. The van der Waals surface area contributed by atoms with Crippen LogP contribution in [0.25, 0.3) is 11.1 Å². The zero-order valence-corrected chi connectivity index (χ0v) is 35.3. The molecule has 2 heteroatoms. The Morgan fingerprint density at radius 2 is 0.973 bits per heavy atom. The van der Waals surface area contributed by atoms with Gasteiger partial charge in [-0.3, -0.25) is 0 Å². The van der Waals surface area contributed by atoms with Crippen molar-refractivity contribution in [2.24, 2.45) is 0 Å². The summed E-state index contributed by atoms with van der Waals surface area (Å²) in [6, 6.07) is 14.3. The molecule has 0 saturated carbocycles. The Kier molecular flexibility index (Phi) is 14.4. The van der Waals surface area contributed by atoms with E-state index in [1.54, 1.807) is 11.1 Å². The fourth-order valence-electron chi connectivity index (χ4n) is 6.11.